The molecule has 0 saturated heterocycles. The fourth-order valence-corrected chi connectivity index (χ4v) is 3.64. The highest BCUT2D eigenvalue weighted by molar-refractivity contribution is 9.10. The van der Waals surface area contributed by atoms with Crippen LogP contribution in [0.15, 0.2) is 46.9 Å². The van der Waals surface area contributed by atoms with Crippen molar-refractivity contribution in [2.24, 2.45) is 0 Å². The van der Waals surface area contributed by atoms with Crippen molar-refractivity contribution >= 4 is 37.5 Å². The normalized spacial score (nSPS) is 11.3. The third-order valence-corrected chi connectivity index (χ3v) is 5.33. The Morgan fingerprint density at radius 3 is 1.72 bits per heavy atom. The van der Waals surface area contributed by atoms with Crippen molar-refractivity contribution in [1.82, 2.24) is 0 Å². The van der Waals surface area contributed by atoms with Gasteiger partial charge in [0.1, 0.15) is 0 Å². The van der Waals surface area contributed by atoms with Crippen molar-refractivity contribution in [3.05, 3.63) is 46.9 Å². The third kappa shape index (κ3) is 5.62. The topological polar surface area (TPSA) is 36.9 Å². The molecule has 3 aromatic carbocycles. The maximum atomic E-state index is 5.83. The lowest BCUT2D eigenvalue weighted by molar-refractivity contribution is -0.206. The van der Waals surface area contributed by atoms with Crippen molar-refractivity contribution < 1.29 is 19.6 Å². The average molecular weight is 461 g/mol. The fraction of sp³-hybridized carbons (Fsp3) is 0.417. The first-order valence-corrected chi connectivity index (χ1v) is 11.3. The van der Waals surface area contributed by atoms with Crippen molar-refractivity contribution in [1.29, 1.82) is 0 Å². The maximum absolute atomic E-state index is 5.83. The first kappa shape index (κ1) is 21.9. The molecule has 156 valence electrons. The largest absolute Gasteiger partial charge is 0.336 e. The van der Waals surface area contributed by atoms with Gasteiger partial charge in [-0.05, 0) is 31.0 Å². The summed E-state index contributed by atoms with van der Waals surface area (Å²) in [5.74, 6) is 1.41. The van der Waals surface area contributed by atoms with Crippen LogP contribution in [0.3, 0.4) is 0 Å². The summed E-state index contributed by atoms with van der Waals surface area (Å²) in [6, 6.07) is 14.0. The van der Waals surface area contributed by atoms with Crippen LogP contribution in [0.5, 0.6) is 11.5 Å². The summed E-state index contributed by atoms with van der Waals surface area (Å²) in [6.45, 7) is 5.47. The average Bonchev–Trinajstić information content (AvgIpc) is 2.74. The van der Waals surface area contributed by atoms with Crippen molar-refractivity contribution in [3.63, 3.8) is 0 Å². The van der Waals surface area contributed by atoms with Crippen LogP contribution in [0, 0.1) is 0 Å². The van der Waals surface area contributed by atoms with Gasteiger partial charge in [0.2, 0.25) is 0 Å². The lowest BCUT2D eigenvalue weighted by atomic mass is 10.0. The van der Waals surface area contributed by atoms with Gasteiger partial charge in [-0.1, -0.05) is 79.7 Å². The summed E-state index contributed by atoms with van der Waals surface area (Å²) in [4.78, 5) is 22.8. The summed E-state index contributed by atoms with van der Waals surface area (Å²) >= 11 is 3.57. The van der Waals surface area contributed by atoms with E-state index in [9.17, 15) is 0 Å². The Kier molecular flexibility index (Phi) is 8.59. The molecule has 0 fully saturated rings. The molecule has 0 aromatic heterocycles. The SMILES string of the molecule is CCCCCOOc1c2ccccc2c(OOCCCCC)c2cc(Br)ccc12. The highest BCUT2D eigenvalue weighted by Crippen LogP contribution is 2.43. The molecule has 0 atom stereocenters. The zero-order chi connectivity index (χ0) is 20.5. The molecule has 0 heterocycles. The van der Waals surface area contributed by atoms with Crippen LogP contribution in [0.25, 0.3) is 21.5 Å². The van der Waals surface area contributed by atoms with Crippen molar-refractivity contribution in [2.75, 3.05) is 13.2 Å². The molecule has 0 aliphatic rings. The van der Waals surface area contributed by atoms with E-state index in [-0.39, 0.29) is 0 Å². The Morgan fingerprint density at radius 1 is 0.655 bits per heavy atom. The number of halogens is 1. The molecule has 4 nitrogen and oxygen atoms in total. The summed E-state index contributed by atoms with van der Waals surface area (Å²) < 4.78 is 0.964. The minimum atomic E-state index is 0.566. The molecule has 5 heteroatoms. The summed E-state index contributed by atoms with van der Waals surface area (Å²) in [6.07, 6.45) is 6.49. The van der Waals surface area contributed by atoms with Gasteiger partial charge in [-0.15, -0.1) is 0 Å². The van der Waals surface area contributed by atoms with Crippen molar-refractivity contribution in [3.8, 4) is 11.5 Å². The number of hydrogen-bond donors (Lipinski definition) is 0. The van der Waals surface area contributed by atoms with Crippen LogP contribution < -0.4 is 9.78 Å². The Morgan fingerprint density at radius 2 is 1.17 bits per heavy atom. The molecule has 29 heavy (non-hydrogen) atoms. The first-order chi connectivity index (χ1) is 14.3. The lowest BCUT2D eigenvalue weighted by Crippen LogP contribution is -2.03. The van der Waals surface area contributed by atoms with E-state index in [1.54, 1.807) is 0 Å². The van der Waals surface area contributed by atoms with Crippen LogP contribution in [0.4, 0.5) is 0 Å². The van der Waals surface area contributed by atoms with E-state index in [1.165, 1.54) is 0 Å². The molecule has 0 N–H and O–H groups in total. The van der Waals surface area contributed by atoms with E-state index in [1.807, 2.05) is 42.5 Å². The molecule has 3 aromatic rings. The first-order valence-electron chi connectivity index (χ1n) is 10.5. The van der Waals surface area contributed by atoms with E-state index in [4.69, 9.17) is 19.6 Å². The molecule has 0 amide bonds. The summed E-state index contributed by atoms with van der Waals surface area (Å²) in [7, 11) is 0. The van der Waals surface area contributed by atoms with Gasteiger partial charge in [-0.2, -0.15) is 9.78 Å². The monoisotopic (exact) mass is 460 g/mol. The van der Waals surface area contributed by atoms with Gasteiger partial charge in [-0.3, -0.25) is 0 Å². The van der Waals surface area contributed by atoms with Crippen LogP contribution >= 0.6 is 15.9 Å². The third-order valence-electron chi connectivity index (χ3n) is 4.83. The zero-order valence-corrected chi connectivity index (χ0v) is 18.8. The smallest absolute Gasteiger partial charge is 0.181 e. The molecule has 0 aliphatic carbocycles. The Hall–Kier alpha value is -1.82. The van der Waals surface area contributed by atoms with E-state index < -0.39 is 0 Å². The van der Waals surface area contributed by atoms with E-state index in [0.717, 1.165) is 64.5 Å². The second-order valence-corrected chi connectivity index (χ2v) is 8.03. The number of unbranched alkanes of at least 4 members (excludes halogenated alkanes) is 4. The van der Waals surface area contributed by atoms with Crippen LogP contribution in [-0.2, 0) is 9.78 Å². The quantitative estimate of drug-likeness (QED) is 0.120. The van der Waals surface area contributed by atoms with Crippen LogP contribution in [-0.4, -0.2) is 13.2 Å². The second kappa shape index (κ2) is 11.4. The molecular formula is C24H29BrO4. The molecule has 0 radical (unpaired) electrons. The van der Waals surface area contributed by atoms with Gasteiger partial charge in [0.15, 0.2) is 11.5 Å². The standard InChI is InChI=1S/C24H29BrO4/c1-3-5-9-15-26-28-23-19-11-7-8-12-20(19)24(29-27-16-10-6-4-2)22-17-18(25)13-14-21(22)23/h7-8,11-14,17H,3-6,9-10,15-16H2,1-2H3. The highest BCUT2D eigenvalue weighted by atomic mass is 79.9. The van der Waals surface area contributed by atoms with Gasteiger partial charge in [0.05, 0.1) is 13.2 Å². The number of hydrogen-bond acceptors (Lipinski definition) is 4. The van der Waals surface area contributed by atoms with Crippen LogP contribution in [0.2, 0.25) is 0 Å². The van der Waals surface area contributed by atoms with Gasteiger partial charge in [0, 0.05) is 26.0 Å². The Labute approximate surface area is 181 Å². The van der Waals surface area contributed by atoms with Gasteiger partial charge in [-0.25, -0.2) is 0 Å². The molecule has 0 aliphatic heterocycles. The zero-order valence-electron chi connectivity index (χ0n) is 17.2. The Bertz CT molecular complexity index is 926. The summed E-state index contributed by atoms with van der Waals surface area (Å²) in [5, 5.41) is 3.71. The van der Waals surface area contributed by atoms with Gasteiger partial charge >= 0.3 is 0 Å². The Balaban J connectivity index is 1.96. The van der Waals surface area contributed by atoms with E-state index in [2.05, 4.69) is 29.8 Å². The minimum absolute atomic E-state index is 0.566. The van der Waals surface area contributed by atoms with E-state index in [0.29, 0.717) is 24.7 Å². The van der Waals surface area contributed by atoms with Crippen LogP contribution in [0.1, 0.15) is 52.4 Å². The molecule has 3 rings (SSSR count). The molecule has 0 unspecified atom stereocenters. The lowest BCUT2D eigenvalue weighted by Gasteiger charge is -2.16. The van der Waals surface area contributed by atoms with E-state index >= 15 is 0 Å². The number of rotatable bonds is 12. The maximum Gasteiger partial charge on any atom is 0.181 e. The fourth-order valence-electron chi connectivity index (χ4n) is 3.27. The predicted octanol–water partition coefficient (Wildman–Crippen LogP) is 7.76. The minimum Gasteiger partial charge on any atom is -0.336 e. The second-order valence-electron chi connectivity index (χ2n) is 7.12. The molecular weight excluding hydrogens is 432 g/mol. The number of fused-ring (bicyclic) bond motifs is 2. The number of benzene rings is 3. The van der Waals surface area contributed by atoms with Crippen molar-refractivity contribution in [2.45, 2.75) is 52.4 Å². The van der Waals surface area contributed by atoms with Gasteiger partial charge < -0.3 is 9.78 Å². The molecule has 0 spiro atoms. The highest BCUT2D eigenvalue weighted by Gasteiger charge is 2.18. The summed E-state index contributed by atoms with van der Waals surface area (Å²) in [5.41, 5.74) is 0. The predicted molar refractivity (Wildman–Crippen MR) is 121 cm³/mol. The van der Waals surface area contributed by atoms with Gasteiger partial charge in [0.25, 0.3) is 0 Å². The molecule has 0 saturated carbocycles. The molecule has 0 bridgehead atoms.